The first-order valence-electron chi connectivity index (χ1n) is 8.73. The van der Waals surface area contributed by atoms with Gasteiger partial charge in [0.1, 0.15) is 0 Å². The average molecular weight is 342 g/mol. The highest BCUT2D eigenvalue weighted by atomic mass is 32.2. The molecule has 2 aromatic carbocycles. The molecule has 24 heavy (non-hydrogen) atoms. The van der Waals surface area contributed by atoms with Crippen LogP contribution in [0.15, 0.2) is 59.5 Å². The van der Waals surface area contributed by atoms with Gasteiger partial charge >= 0.3 is 0 Å². The number of aliphatic hydroxyl groups excluding tert-OH is 1. The van der Waals surface area contributed by atoms with E-state index in [4.69, 9.17) is 0 Å². The highest BCUT2D eigenvalue weighted by Gasteiger charge is 2.35. The number of benzene rings is 2. The molecule has 0 spiro atoms. The quantitative estimate of drug-likeness (QED) is 0.796. The van der Waals surface area contributed by atoms with Crippen LogP contribution in [0.25, 0.3) is 0 Å². The Hall–Kier alpha value is -1.29. The smallest absolute Gasteiger partial charge is 0.0502 e. The summed E-state index contributed by atoms with van der Waals surface area (Å²) in [5.74, 6) is 0. The van der Waals surface area contributed by atoms with Crippen LogP contribution in [0.2, 0.25) is 0 Å². The van der Waals surface area contributed by atoms with Crippen molar-refractivity contribution in [1.29, 1.82) is 0 Å². The maximum Gasteiger partial charge on any atom is 0.0502 e. The van der Waals surface area contributed by atoms with Crippen LogP contribution in [0, 0.1) is 5.41 Å². The van der Waals surface area contributed by atoms with Crippen molar-refractivity contribution in [1.82, 2.24) is 4.90 Å². The molecule has 3 heteroatoms. The Labute approximate surface area is 149 Å². The lowest BCUT2D eigenvalue weighted by atomic mass is 9.75. The normalized spacial score (nSPS) is 21.8. The molecule has 1 saturated heterocycles. The van der Waals surface area contributed by atoms with Gasteiger partial charge in [0.25, 0.3) is 0 Å². The van der Waals surface area contributed by atoms with E-state index in [2.05, 4.69) is 65.8 Å². The fraction of sp³-hybridized carbons (Fsp3) is 0.429. The lowest BCUT2D eigenvalue weighted by Crippen LogP contribution is -2.46. The van der Waals surface area contributed by atoms with Crippen molar-refractivity contribution >= 4 is 11.8 Å². The maximum absolute atomic E-state index is 10.1. The molecule has 3 rings (SSSR count). The van der Waals surface area contributed by atoms with E-state index in [1.807, 2.05) is 0 Å². The zero-order valence-electron chi connectivity index (χ0n) is 14.4. The van der Waals surface area contributed by atoms with Crippen LogP contribution < -0.4 is 0 Å². The van der Waals surface area contributed by atoms with E-state index in [9.17, 15) is 5.11 Å². The Kier molecular flexibility index (Phi) is 5.99. The Morgan fingerprint density at radius 1 is 1.08 bits per heavy atom. The fourth-order valence-electron chi connectivity index (χ4n) is 3.83. The van der Waals surface area contributed by atoms with Crippen LogP contribution in [-0.4, -0.2) is 36.0 Å². The first kappa shape index (κ1) is 17.5. The van der Waals surface area contributed by atoms with Gasteiger partial charge in [0.05, 0.1) is 6.61 Å². The van der Waals surface area contributed by atoms with Crippen molar-refractivity contribution in [2.75, 3.05) is 26.0 Å². The molecular weight excluding hydrogens is 314 g/mol. The first-order valence-corrected chi connectivity index (χ1v) is 9.96. The van der Waals surface area contributed by atoms with Crippen molar-refractivity contribution in [2.45, 2.75) is 30.7 Å². The standard InChI is InChI=1S/C21H27NOS/c1-24-20-10-5-9-19(13-20)15-22-12-6-11-21(16-22,17-23)14-18-7-3-2-4-8-18/h2-5,7-10,13,23H,6,11-12,14-17H2,1H3. The summed E-state index contributed by atoms with van der Waals surface area (Å²) in [4.78, 5) is 3.84. The van der Waals surface area contributed by atoms with Crippen molar-refractivity contribution in [3.05, 3.63) is 65.7 Å². The minimum absolute atomic E-state index is 0.00325. The molecule has 1 aliphatic rings. The van der Waals surface area contributed by atoms with Gasteiger partial charge in [-0.2, -0.15) is 0 Å². The summed E-state index contributed by atoms with van der Waals surface area (Å²) in [5, 5.41) is 10.1. The van der Waals surface area contributed by atoms with Crippen LogP contribution in [0.1, 0.15) is 24.0 Å². The summed E-state index contributed by atoms with van der Waals surface area (Å²) in [6, 6.07) is 19.4. The topological polar surface area (TPSA) is 23.5 Å². The summed E-state index contributed by atoms with van der Waals surface area (Å²) < 4.78 is 0. The second-order valence-corrected chi connectivity index (χ2v) is 7.87. The maximum atomic E-state index is 10.1. The Morgan fingerprint density at radius 2 is 1.88 bits per heavy atom. The van der Waals surface area contributed by atoms with Gasteiger partial charge in [-0.1, -0.05) is 42.5 Å². The monoisotopic (exact) mass is 341 g/mol. The number of aliphatic hydroxyl groups is 1. The third kappa shape index (κ3) is 4.41. The predicted molar refractivity (Wildman–Crippen MR) is 102 cm³/mol. The number of hydrogen-bond donors (Lipinski definition) is 1. The number of thioether (sulfide) groups is 1. The predicted octanol–water partition coefficient (Wildman–Crippen LogP) is 4.23. The van der Waals surface area contributed by atoms with Gasteiger partial charge in [-0.3, -0.25) is 4.90 Å². The number of nitrogens with zero attached hydrogens (tertiary/aromatic N) is 1. The second kappa shape index (κ2) is 8.19. The number of hydrogen-bond acceptors (Lipinski definition) is 3. The van der Waals surface area contributed by atoms with Crippen molar-refractivity contribution in [2.24, 2.45) is 5.41 Å². The molecule has 0 aromatic heterocycles. The van der Waals surface area contributed by atoms with Gasteiger partial charge in [0.2, 0.25) is 0 Å². The van der Waals surface area contributed by atoms with Gasteiger partial charge in [0, 0.05) is 23.4 Å². The molecule has 0 aliphatic carbocycles. The molecule has 2 nitrogen and oxygen atoms in total. The lowest BCUT2D eigenvalue weighted by molar-refractivity contribution is 0.0288. The van der Waals surface area contributed by atoms with E-state index < -0.39 is 0 Å². The van der Waals surface area contributed by atoms with Crippen LogP contribution in [0.5, 0.6) is 0 Å². The summed E-state index contributed by atoms with van der Waals surface area (Å²) in [5.41, 5.74) is 2.70. The highest BCUT2D eigenvalue weighted by molar-refractivity contribution is 7.98. The van der Waals surface area contributed by atoms with Gasteiger partial charge in [0.15, 0.2) is 0 Å². The molecule has 1 aliphatic heterocycles. The van der Waals surface area contributed by atoms with E-state index in [-0.39, 0.29) is 12.0 Å². The van der Waals surface area contributed by atoms with Gasteiger partial charge in [-0.15, -0.1) is 11.8 Å². The van der Waals surface area contributed by atoms with E-state index in [0.717, 1.165) is 38.9 Å². The molecule has 0 bridgehead atoms. The Balaban J connectivity index is 1.69. The Morgan fingerprint density at radius 3 is 2.62 bits per heavy atom. The summed E-state index contributed by atoms with van der Waals surface area (Å²) >= 11 is 1.79. The van der Waals surface area contributed by atoms with E-state index in [0.29, 0.717) is 0 Å². The van der Waals surface area contributed by atoms with E-state index >= 15 is 0 Å². The van der Waals surface area contributed by atoms with Crippen LogP contribution in [-0.2, 0) is 13.0 Å². The molecule has 0 amide bonds. The molecule has 1 heterocycles. The van der Waals surface area contributed by atoms with Crippen molar-refractivity contribution in [3.8, 4) is 0 Å². The zero-order valence-corrected chi connectivity index (χ0v) is 15.3. The molecule has 0 radical (unpaired) electrons. The molecule has 1 fully saturated rings. The highest BCUT2D eigenvalue weighted by Crippen LogP contribution is 2.34. The van der Waals surface area contributed by atoms with Gasteiger partial charge in [-0.25, -0.2) is 0 Å². The number of likely N-dealkylation sites (tertiary alicyclic amines) is 1. The zero-order chi connectivity index (χ0) is 16.8. The third-order valence-corrected chi connectivity index (χ3v) is 5.76. The third-order valence-electron chi connectivity index (χ3n) is 5.04. The first-order chi connectivity index (χ1) is 11.7. The fourth-order valence-corrected chi connectivity index (χ4v) is 4.32. The summed E-state index contributed by atoms with van der Waals surface area (Å²) in [6.07, 6.45) is 5.36. The van der Waals surface area contributed by atoms with Crippen LogP contribution >= 0.6 is 11.8 Å². The van der Waals surface area contributed by atoms with E-state index in [1.165, 1.54) is 16.0 Å². The molecular formula is C21H27NOS. The number of rotatable bonds is 6. The number of piperidine rings is 1. The van der Waals surface area contributed by atoms with Crippen LogP contribution in [0.3, 0.4) is 0 Å². The second-order valence-electron chi connectivity index (χ2n) is 6.99. The lowest BCUT2D eigenvalue weighted by Gasteiger charge is -2.42. The molecule has 2 aromatic rings. The molecule has 128 valence electrons. The molecule has 1 unspecified atom stereocenters. The summed E-state index contributed by atoms with van der Waals surface area (Å²) in [6.45, 7) is 3.34. The Bertz CT molecular complexity index is 645. The largest absolute Gasteiger partial charge is 0.396 e. The molecule has 1 atom stereocenters. The van der Waals surface area contributed by atoms with Crippen LogP contribution in [0.4, 0.5) is 0 Å². The van der Waals surface area contributed by atoms with E-state index in [1.54, 1.807) is 11.8 Å². The minimum Gasteiger partial charge on any atom is -0.396 e. The molecule has 1 N–H and O–H groups in total. The SMILES string of the molecule is CSc1cccc(CN2CCCC(CO)(Cc3ccccc3)C2)c1. The summed E-state index contributed by atoms with van der Waals surface area (Å²) in [7, 11) is 0. The van der Waals surface area contributed by atoms with Crippen molar-refractivity contribution < 1.29 is 5.11 Å². The van der Waals surface area contributed by atoms with Gasteiger partial charge in [-0.05, 0) is 55.3 Å². The average Bonchev–Trinajstić information content (AvgIpc) is 2.63. The minimum atomic E-state index is -0.00325. The molecule has 0 saturated carbocycles. The van der Waals surface area contributed by atoms with Gasteiger partial charge < -0.3 is 5.11 Å². The van der Waals surface area contributed by atoms with Crippen molar-refractivity contribution in [3.63, 3.8) is 0 Å².